The van der Waals surface area contributed by atoms with E-state index >= 15 is 0 Å². The van der Waals surface area contributed by atoms with Crippen LogP contribution < -0.4 is 9.91 Å². The van der Waals surface area contributed by atoms with Gasteiger partial charge in [-0.15, -0.1) is 0 Å². The topological polar surface area (TPSA) is 18.8 Å². The van der Waals surface area contributed by atoms with E-state index in [0.29, 0.717) is 6.67 Å². The summed E-state index contributed by atoms with van der Waals surface area (Å²) in [5.74, 6) is 0.918. The van der Waals surface area contributed by atoms with Crippen molar-refractivity contribution >= 4 is 17.2 Å². The van der Waals surface area contributed by atoms with Gasteiger partial charge in [0.1, 0.15) is 6.67 Å². The Balaban J connectivity index is 1.28. The third-order valence-corrected chi connectivity index (χ3v) is 8.65. The minimum absolute atomic E-state index is 0.573. The van der Waals surface area contributed by atoms with Crippen molar-refractivity contribution in [1.82, 2.24) is 0 Å². The molecular formula is C44H33N3. The van der Waals surface area contributed by atoms with Gasteiger partial charge in [-0.05, 0) is 80.9 Å². The normalized spacial score (nSPS) is 12.6. The Morgan fingerprint density at radius 1 is 0.319 bits per heavy atom. The van der Waals surface area contributed by atoms with Gasteiger partial charge in [0.05, 0.1) is 5.69 Å². The molecule has 0 saturated heterocycles. The van der Waals surface area contributed by atoms with Crippen molar-refractivity contribution in [1.29, 1.82) is 0 Å². The fourth-order valence-corrected chi connectivity index (χ4v) is 6.26. The van der Waals surface area contributed by atoms with Crippen molar-refractivity contribution < 1.29 is 0 Å². The summed E-state index contributed by atoms with van der Waals surface area (Å²) < 4.78 is 0. The second-order valence-electron chi connectivity index (χ2n) is 11.8. The molecule has 0 saturated carbocycles. The Morgan fingerprint density at radius 3 is 1.00 bits per heavy atom. The van der Waals surface area contributed by atoms with Crippen LogP contribution in [0, 0.1) is 0 Å². The standard InChI is InChI=1S/C44H33N3/c1-6-16-33(17-7-1)38-26-39(34-18-8-2-9-19-34)29-42(28-38)46-32-47(45-44(46)37-24-14-5-15-25-37)43-30-40(35-20-10-3-11-21-35)27-41(31-43)36-22-12-4-13-23-36/h1-31H,32H2. The van der Waals surface area contributed by atoms with E-state index in [1.165, 1.54) is 33.4 Å². The summed E-state index contributed by atoms with van der Waals surface area (Å²) in [6, 6.07) is 66.6. The van der Waals surface area contributed by atoms with Gasteiger partial charge in [-0.3, -0.25) is 0 Å². The molecule has 0 atom stereocenters. The maximum Gasteiger partial charge on any atom is 0.162 e. The largest absolute Gasteiger partial charge is 0.304 e. The van der Waals surface area contributed by atoms with Gasteiger partial charge < -0.3 is 4.90 Å². The zero-order valence-corrected chi connectivity index (χ0v) is 25.9. The van der Waals surface area contributed by atoms with Gasteiger partial charge in [0, 0.05) is 11.3 Å². The molecule has 7 aromatic rings. The molecule has 3 heteroatoms. The molecule has 0 amide bonds. The van der Waals surface area contributed by atoms with Crippen LogP contribution in [0.2, 0.25) is 0 Å². The fraction of sp³-hybridized carbons (Fsp3) is 0.0227. The van der Waals surface area contributed by atoms with Crippen LogP contribution in [-0.2, 0) is 0 Å². The van der Waals surface area contributed by atoms with Crippen LogP contribution in [0.15, 0.2) is 193 Å². The summed E-state index contributed by atoms with van der Waals surface area (Å²) in [5, 5.41) is 7.47. The fourth-order valence-electron chi connectivity index (χ4n) is 6.26. The van der Waals surface area contributed by atoms with E-state index in [9.17, 15) is 0 Å². The lowest BCUT2D eigenvalue weighted by Gasteiger charge is -2.24. The van der Waals surface area contributed by atoms with Crippen LogP contribution in [0.4, 0.5) is 11.4 Å². The Bertz CT molecular complexity index is 2030. The first-order valence-corrected chi connectivity index (χ1v) is 16.0. The van der Waals surface area contributed by atoms with Crippen molar-refractivity contribution in [3.8, 4) is 44.5 Å². The molecule has 0 aromatic heterocycles. The predicted molar refractivity (Wildman–Crippen MR) is 197 cm³/mol. The molecule has 8 rings (SSSR count). The number of hydrogen-bond acceptors (Lipinski definition) is 3. The zero-order chi connectivity index (χ0) is 31.4. The van der Waals surface area contributed by atoms with Gasteiger partial charge in [-0.2, -0.15) is 5.10 Å². The molecule has 0 radical (unpaired) electrons. The summed E-state index contributed by atoms with van der Waals surface area (Å²) >= 11 is 0. The van der Waals surface area contributed by atoms with Crippen molar-refractivity contribution in [2.45, 2.75) is 0 Å². The molecule has 3 nitrogen and oxygen atoms in total. The summed E-state index contributed by atoms with van der Waals surface area (Å²) in [6.45, 7) is 0.573. The summed E-state index contributed by atoms with van der Waals surface area (Å²) in [4.78, 5) is 2.34. The predicted octanol–water partition coefficient (Wildman–Crippen LogP) is 11.0. The third-order valence-electron chi connectivity index (χ3n) is 8.65. The van der Waals surface area contributed by atoms with Gasteiger partial charge >= 0.3 is 0 Å². The lowest BCUT2D eigenvalue weighted by Crippen LogP contribution is -2.31. The van der Waals surface area contributed by atoms with Crippen molar-refractivity contribution in [3.05, 3.63) is 194 Å². The first kappa shape index (κ1) is 28.3. The van der Waals surface area contributed by atoms with E-state index in [2.05, 4.69) is 198 Å². The average Bonchev–Trinajstić information content (AvgIpc) is 3.62. The maximum atomic E-state index is 5.34. The molecule has 0 unspecified atom stereocenters. The van der Waals surface area contributed by atoms with Gasteiger partial charge in [-0.25, -0.2) is 5.01 Å². The minimum Gasteiger partial charge on any atom is -0.304 e. The Morgan fingerprint density at radius 2 is 0.638 bits per heavy atom. The molecule has 1 heterocycles. The highest BCUT2D eigenvalue weighted by molar-refractivity contribution is 6.12. The number of rotatable bonds is 7. The minimum atomic E-state index is 0.573. The molecule has 1 aliphatic rings. The Hall–Kier alpha value is -6.19. The highest BCUT2D eigenvalue weighted by Gasteiger charge is 2.28. The quantitative estimate of drug-likeness (QED) is 0.180. The van der Waals surface area contributed by atoms with Crippen LogP contribution >= 0.6 is 0 Å². The molecule has 0 spiro atoms. The molecule has 1 aliphatic heterocycles. The van der Waals surface area contributed by atoms with E-state index in [1.54, 1.807) is 0 Å². The average molecular weight is 604 g/mol. The molecule has 0 aliphatic carbocycles. The van der Waals surface area contributed by atoms with Gasteiger partial charge in [0.25, 0.3) is 0 Å². The van der Waals surface area contributed by atoms with Crippen LogP contribution in [0.5, 0.6) is 0 Å². The van der Waals surface area contributed by atoms with E-state index in [4.69, 9.17) is 5.10 Å². The molecule has 0 N–H and O–H groups in total. The van der Waals surface area contributed by atoms with E-state index in [0.717, 1.165) is 33.9 Å². The van der Waals surface area contributed by atoms with E-state index in [1.807, 2.05) is 0 Å². The highest BCUT2D eigenvalue weighted by Crippen LogP contribution is 2.37. The number of hydrazone groups is 1. The van der Waals surface area contributed by atoms with Crippen molar-refractivity contribution in [2.24, 2.45) is 5.10 Å². The summed E-state index contributed by atoms with van der Waals surface area (Å²) in [7, 11) is 0. The molecule has 7 aromatic carbocycles. The third kappa shape index (κ3) is 5.95. The molecular weight excluding hydrogens is 571 g/mol. The number of amidine groups is 1. The number of hydrogen-bond donors (Lipinski definition) is 0. The van der Waals surface area contributed by atoms with Crippen LogP contribution in [0.25, 0.3) is 44.5 Å². The first-order valence-electron chi connectivity index (χ1n) is 16.0. The maximum absolute atomic E-state index is 5.34. The first-order chi connectivity index (χ1) is 23.3. The Labute approximate surface area is 276 Å². The van der Waals surface area contributed by atoms with Crippen molar-refractivity contribution in [2.75, 3.05) is 16.6 Å². The molecule has 0 fully saturated rings. The van der Waals surface area contributed by atoms with Crippen LogP contribution in [-0.4, -0.2) is 12.5 Å². The summed E-state index contributed by atoms with van der Waals surface area (Å²) in [6.07, 6.45) is 0. The molecule has 0 bridgehead atoms. The van der Waals surface area contributed by atoms with Gasteiger partial charge in [0.2, 0.25) is 0 Å². The van der Waals surface area contributed by atoms with Gasteiger partial charge in [0.15, 0.2) is 5.84 Å². The lowest BCUT2D eigenvalue weighted by atomic mass is 9.97. The van der Waals surface area contributed by atoms with Crippen LogP contribution in [0.1, 0.15) is 5.56 Å². The smallest absolute Gasteiger partial charge is 0.162 e. The monoisotopic (exact) mass is 603 g/mol. The Kier molecular flexibility index (Phi) is 7.62. The number of anilines is 2. The zero-order valence-electron chi connectivity index (χ0n) is 25.9. The second kappa shape index (κ2) is 12.7. The molecule has 47 heavy (non-hydrogen) atoms. The van der Waals surface area contributed by atoms with Gasteiger partial charge in [-0.1, -0.05) is 152 Å². The number of nitrogens with zero attached hydrogens (tertiary/aromatic N) is 3. The highest BCUT2D eigenvalue weighted by atomic mass is 15.6. The van der Waals surface area contributed by atoms with E-state index < -0.39 is 0 Å². The van der Waals surface area contributed by atoms with Crippen molar-refractivity contribution in [3.63, 3.8) is 0 Å². The molecule has 224 valence electrons. The number of benzene rings is 7. The summed E-state index contributed by atoms with van der Waals surface area (Å²) in [5.41, 5.74) is 12.6. The second-order valence-corrected chi connectivity index (χ2v) is 11.8. The van der Waals surface area contributed by atoms with Crippen LogP contribution in [0.3, 0.4) is 0 Å². The lowest BCUT2D eigenvalue weighted by molar-refractivity contribution is 0.913. The SMILES string of the molecule is c1ccc(C2=NN(c3cc(-c4ccccc4)cc(-c4ccccc4)c3)CN2c2cc(-c3ccccc3)cc(-c3ccccc3)c2)cc1. The van der Waals surface area contributed by atoms with E-state index in [-0.39, 0.29) is 0 Å².